The first kappa shape index (κ1) is 13.0. The molecule has 0 aliphatic heterocycles. The maximum atomic E-state index is 10.6. The number of hydrogen-bond donors (Lipinski definition) is 2. The molecule has 2 atom stereocenters. The lowest BCUT2D eigenvalue weighted by Crippen LogP contribution is -2.28. The first-order valence-electron chi connectivity index (χ1n) is 5.22. The molecule has 0 bridgehead atoms. The third-order valence-electron chi connectivity index (χ3n) is 2.52. The number of halogens is 1. The van der Waals surface area contributed by atoms with Crippen LogP contribution < -0.4 is 5.32 Å². The first-order valence-corrected chi connectivity index (χ1v) is 5.60. The summed E-state index contributed by atoms with van der Waals surface area (Å²) in [7, 11) is 0. The number of nitrogens with one attached hydrogen (secondary N) is 1. The van der Waals surface area contributed by atoms with Crippen LogP contribution in [0.25, 0.3) is 0 Å². The van der Waals surface area contributed by atoms with Crippen molar-refractivity contribution < 1.29 is 9.90 Å². The normalized spacial score (nSPS) is 14.4. The second-order valence-electron chi connectivity index (χ2n) is 3.92. The summed E-state index contributed by atoms with van der Waals surface area (Å²) in [5.74, 6) is -1.16. The Kier molecular flexibility index (Phi) is 4.77. The Morgan fingerprint density at radius 2 is 1.94 bits per heavy atom. The van der Waals surface area contributed by atoms with E-state index in [4.69, 9.17) is 16.7 Å². The van der Waals surface area contributed by atoms with E-state index >= 15 is 0 Å². The minimum absolute atomic E-state index is 0.124. The summed E-state index contributed by atoms with van der Waals surface area (Å²) >= 11 is 5.79. The average molecular weight is 242 g/mol. The van der Waals surface area contributed by atoms with Gasteiger partial charge in [0.2, 0.25) is 0 Å². The third-order valence-corrected chi connectivity index (χ3v) is 2.77. The van der Waals surface area contributed by atoms with E-state index < -0.39 is 5.97 Å². The third kappa shape index (κ3) is 3.83. The quantitative estimate of drug-likeness (QED) is 0.833. The van der Waals surface area contributed by atoms with Gasteiger partial charge in [-0.15, -0.1) is 0 Å². The number of benzene rings is 1. The van der Waals surface area contributed by atoms with E-state index in [1.807, 2.05) is 31.2 Å². The maximum Gasteiger partial charge on any atom is 0.307 e. The van der Waals surface area contributed by atoms with Gasteiger partial charge in [0.15, 0.2) is 0 Å². The van der Waals surface area contributed by atoms with Gasteiger partial charge in [0.05, 0.1) is 5.92 Å². The van der Waals surface area contributed by atoms with Crippen molar-refractivity contribution >= 4 is 17.6 Å². The number of carboxylic acids is 1. The van der Waals surface area contributed by atoms with Gasteiger partial charge in [0.25, 0.3) is 0 Å². The lowest BCUT2D eigenvalue weighted by atomic mass is 10.1. The average Bonchev–Trinajstić information content (AvgIpc) is 2.26. The zero-order chi connectivity index (χ0) is 12.1. The number of hydrogen-bond acceptors (Lipinski definition) is 2. The van der Waals surface area contributed by atoms with Crippen LogP contribution in [0.2, 0.25) is 5.02 Å². The van der Waals surface area contributed by atoms with Crippen LogP contribution in [0.4, 0.5) is 0 Å². The molecule has 0 saturated heterocycles. The Morgan fingerprint density at radius 1 is 1.38 bits per heavy atom. The Bertz CT molecular complexity index is 351. The van der Waals surface area contributed by atoms with Crippen molar-refractivity contribution in [2.24, 2.45) is 5.92 Å². The molecule has 88 valence electrons. The highest BCUT2D eigenvalue weighted by Crippen LogP contribution is 2.16. The van der Waals surface area contributed by atoms with Crippen molar-refractivity contribution in [2.45, 2.75) is 19.9 Å². The van der Waals surface area contributed by atoms with Crippen molar-refractivity contribution in [3.05, 3.63) is 34.9 Å². The van der Waals surface area contributed by atoms with Gasteiger partial charge in [-0.3, -0.25) is 4.79 Å². The van der Waals surface area contributed by atoms with Crippen LogP contribution in [-0.2, 0) is 4.79 Å². The van der Waals surface area contributed by atoms with Gasteiger partial charge in [-0.25, -0.2) is 0 Å². The molecule has 0 radical (unpaired) electrons. The Hall–Kier alpha value is -1.06. The van der Waals surface area contributed by atoms with Crippen molar-refractivity contribution in [3.63, 3.8) is 0 Å². The van der Waals surface area contributed by atoms with Crippen molar-refractivity contribution in [3.8, 4) is 0 Å². The molecule has 2 unspecified atom stereocenters. The van der Waals surface area contributed by atoms with Crippen LogP contribution in [0.1, 0.15) is 25.5 Å². The second kappa shape index (κ2) is 5.87. The van der Waals surface area contributed by atoms with Crippen molar-refractivity contribution in [1.82, 2.24) is 5.32 Å². The Morgan fingerprint density at radius 3 is 2.44 bits per heavy atom. The summed E-state index contributed by atoms with van der Waals surface area (Å²) in [5, 5.41) is 12.6. The summed E-state index contributed by atoms with van der Waals surface area (Å²) < 4.78 is 0. The monoisotopic (exact) mass is 241 g/mol. The van der Waals surface area contributed by atoms with Crippen LogP contribution in [0.15, 0.2) is 24.3 Å². The van der Waals surface area contributed by atoms with Crippen LogP contribution >= 0.6 is 11.6 Å². The Balaban J connectivity index is 2.49. The highest BCUT2D eigenvalue weighted by atomic mass is 35.5. The number of carbonyl (C=O) groups is 1. The molecule has 0 spiro atoms. The summed E-state index contributed by atoms with van der Waals surface area (Å²) in [6, 6.07) is 7.65. The van der Waals surface area contributed by atoms with Crippen LogP contribution in [0, 0.1) is 5.92 Å². The molecule has 1 aromatic rings. The van der Waals surface area contributed by atoms with Gasteiger partial charge < -0.3 is 10.4 Å². The van der Waals surface area contributed by atoms with Gasteiger partial charge in [-0.2, -0.15) is 0 Å². The van der Waals surface area contributed by atoms with Crippen molar-refractivity contribution in [1.29, 1.82) is 0 Å². The summed E-state index contributed by atoms with van der Waals surface area (Å²) in [6.07, 6.45) is 0. The number of rotatable bonds is 5. The Labute approximate surface area is 100 Å². The second-order valence-corrected chi connectivity index (χ2v) is 4.36. The van der Waals surface area contributed by atoms with E-state index in [9.17, 15) is 4.79 Å². The summed E-state index contributed by atoms with van der Waals surface area (Å²) in [6.45, 7) is 4.14. The van der Waals surface area contributed by atoms with E-state index in [2.05, 4.69) is 5.32 Å². The standard InChI is InChI=1S/C12H16ClNO2/c1-8(12(15)16)7-14-9(2)10-3-5-11(13)6-4-10/h3-6,8-9,14H,7H2,1-2H3,(H,15,16). The maximum absolute atomic E-state index is 10.6. The molecule has 0 aliphatic carbocycles. The van der Waals surface area contributed by atoms with Gasteiger partial charge in [0, 0.05) is 17.6 Å². The predicted octanol–water partition coefficient (Wildman–Crippen LogP) is 2.71. The fourth-order valence-electron chi connectivity index (χ4n) is 1.31. The van der Waals surface area contributed by atoms with Gasteiger partial charge in [-0.1, -0.05) is 30.7 Å². The van der Waals surface area contributed by atoms with Gasteiger partial charge >= 0.3 is 5.97 Å². The van der Waals surface area contributed by atoms with Gasteiger partial charge in [-0.05, 0) is 24.6 Å². The van der Waals surface area contributed by atoms with Crippen LogP contribution in [0.3, 0.4) is 0 Å². The topological polar surface area (TPSA) is 49.3 Å². The van der Waals surface area contributed by atoms with Crippen LogP contribution in [-0.4, -0.2) is 17.6 Å². The summed E-state index contributed by atoms with van der Waals surface area (Å²) in [5.41, 5.74) is 1.10. The lowest BCUT2D eigenvalue weighted by Gasteiger charge is -2.16. The van der Waals surface area contributed by atoms with E-state index in [0.717, 1.165) is 5.56 Å². The molecule has 0 fully saturated rings. The SMILES string of the molecule is CC(CNC(C)c1ccc(Cl)cc1)C(=O)O. The minimum Gasteiger partial charge on any atom is -0.481 e. The number of carboxylic acid groups (broad SMARTS) is 1. The van der Waals surface area contributed by atoms with E-state index in [1.165, 1.54) is 0 Å². The van der Waals surface area contributed by atoms with Gasteiger partial charge in [0.1, 0.15) is 0 Å². The van der Waals surface area contributed by atoms with Crippen molar-refractivity contribution in [2.75, 3.05) is 6.54 Å². The molecule has 0 amide bonds. The molecule has 16 heavy (non-hydrogen) atoms. The van der Waals surface area contributed by atoms with E-state index in [1.54, 1.807) is 6.92 Å². The molecule has 0 saturated carbocycles. The predicted molar refractivity (Wildman–Crippen MR) is 64.7 cm³/mol. The van der Waals surface area contributed by atoms with Crippen LogP contribution in [0.5, 0.6) is 0 Å². The molecular formula is C12H16ClNO2. The first-order chi connectivity index (χ1) is 7.50. The molecule has 4 heteroatoms. The summed E-state index contributed by atoms with van der Waals surface area (Å²) in [4.78, 5) is 10.6. The molecule has 0 aliphatic rings. The molecule has 0 heterocycles. The molecule has 1 rings (SSSR count). The zero-order valence-electron chi connectivity index (χ0n) is 9.40. The molecule has 3 nitrogen and oxygen atoms in total. The van der Waals surface area contributed by atoms with E-state index in [0.29, 0.717) is 11.6 Å². The highest BCUT2D eigenvalue weighted by molar-refractivity contribution is 6.30. The molecular weight excluding hydrogens is 226 g/mol. The smallest absolute Gasteiger partial charge is 0.307 e. The molecule has 1 aromatic carbocycles. The zero-order valence-corrected chi connectivity index (χ0v) is 10.2. The largest absolute Gasteiger partial charge is 0.481 e. The van der Waals surface area contributed by atoms with E-state index in [-0.39, 0.29) is 12.0 Å². The fourth-order valence-corrected chi connectivity index (χ4v) is 1.44. The lowest BCUT2D eigenvalue weighted by molar-refractivity contribution is -0.140. The minimum atomic E-state index is -0.782. The molecule has 2 N–H and O–H groups in total. The number of aliphatic carboxylic acids is 1. The highest BCUT2D eigenvalue weighted by Gasteiger charge is 2.12. The fraction of sp³-hybridized carbons (Fsp3) is 0.417. The molecule has 0 aromatic heterocycles.